The summed E-state index contributed by atoms with van der Waals surface area (Å²) in [5, 5.41) is 11.3. The third-order valence-corrected chi connectivity index (χ3v) is 8.32. The molecule has 0 unspecified atom stereocenters. The number of hydrogen-bond donors (Lipinski definition) is 2. The van der Waals surface area contributed by atoms with Crippen LogP contribution < -0.4 is 10.0 Å². The lowest BCUT2D eigenvalue weighted by atomic mass is 10.1. The van der Waals surface area contributed by atoms with Crippen molar-refractivity contribution in [2.24, 2.45) is 0 Å². The Bertz CT molecular complexity index is 1400. The van der Waals surface area contributed by atoms with Crippen LogP contribution in [0.2, 0.25) is 0 Å². The van der Waals surface area contributed by atoms with Crippen LogP contribution in [-0.4, -0.2) is 24.5 Å². The molecule has 10 heteroatoms. The lowest BCUT2D eigenvalue weighted by Gasteiger charge is -2.12. The van der Waals surface area contributed by atoms with E-state index in [4.69, 9.17) is 0 Å². The fraction of sp³-hybridized carbons (Fsp3) is 0.125. The van der Waals surface area contributed by atoms with Crippen LogP contribution >= 0.6 is 23.1 Å². The van der Waals surface area contributed by atoms with Gasteiger partial charge in [-0.3, -0.25) is 14.8 Å². The molecule has 34 heavy (non-hydrogen) atoms. The molecule has 0 aliphatic heterocycles. The first-order chi connectivity index (χ1) is 16.3. The van der Waals surface area contributed by atoms with Gasteiger partial charge >= 0.3 is 0 Å². The zero-order chi connectivity index (χ0) is 24.1. The number of carbonyl (C=O) groups excluding carboxylic acids is 1. The van der Waals surface area contributed by atoms with E-state index < -0.39 is 10.0 Å². The molecule has 0 saturated carbocycles. The number of rotatable bonds is 8. The maximum Gasteiger partial charge on any atom is 0.261 e. The number of benzene rings is 3. The SMILES string of the molecule is Cc1ccc(S(=O)(=O)Nc2ccc(C(=O)Nc3nnc(SCc4ccccc4)s3)cc2C)cc1. The first-order valence-corrected chi connectivity index (χ1v) is 13.6. The Morgan fingerprint density at radius 1 is 0.971 bits per heavy atom. The summed E-state index contributed by atoms with van der Waals surface area (Å²) in [7, 11) is -3.73. The van der Waals surface area contributed by atoms with Crippen LogP contribution in [0.5, 0.6) is 0 Å². The Kier molecular flexibility index (Phi) is 7.30. The molecule has 0 atom stereocenters. The Hall–Kier alpha value is -3.21. The molecule has 0 bridgehead atoms. The van der Waals surface area contributed by atoms with Crippen LogP contribution in [-0.2, 0) is 15.8 Å². The number of sulfonamides is 1. The fourth-order valence-corrected chi connectivity index (χ4v) is 5.88. The number of aryl methyl sites for hydroxylation is 2. The molecule has 2 N–H and O–H groups in total. The van der Waals surface area contributed by atoms with Crippen molar-refractivity contribution in [1.82, 2.24) is 10.2 Å². The Labute approximate surface area is 206 Å². The maximum atomic E-state index is 12.7. The van der Waals surface area contributed by atoms with E-state index in [0.29, 0.717) is 21.9 Å². The number of carbonyl (C=O) groups is 1. The van der Waals surface area contributed by atoms with Gasteiger partial charge in [0.1, 0.15) is 0 Å². The minimum Gasteiger partial charge on any atom is -0.296 e. The highest BCUT2D eigenvalue weighted by atomic mass is 32.2. The van der Waals surface area contributed by atoms with Gasteiger partial charge in [0.15, 0.2) is 4.34 Å². The second kappa shape index (κ2) is 10.4. The molecule has 0 radical (unpaired) electrons. The molecule has 1 heterocycles. The standard InChI is InChI=1S/C24H22N4O3S3/c1-16-8-11-20(12-9-16)34(30,31)28-21-13-10-19(14-17(21)2)22(29)25-23-26-27-24(33-23)32-15-18-6-4-3-5-7-18/h3-14,28H,15H2,1-2H3,(H,25,26,29). The Balaban J connectivity index is 1.39. The summed E-state index contributed by atoms with van der Waals surface area (Å²) >= 11 is 2.86. The molecule has 4 rings (SSSR count). The molecule has 1 aromatic heterocycles. The van der Waals surface area contributed by atoms with Gasteiger partial charge in [-0.1, -0.05) is 71.1 Å². The summed E-state index contributed by atoms with van der Waals surface area (Å²) in [6.07, 6.45) is 0. The first-order valence-electron chi connectivity index (χ1n) is 10.3. The monoisotopic (exact) mass is 510 g/mol. The number of aromatic nitrogens is 2. The zero-order valence-corrected chi connectivity index (χ0v) is 20.9. The molecular formula is C24H22N4O3S3. The van der Waals surface area contributed by atoms with E-state index >= 15 is 0 Å². The third kappa shape index (κ3) is 6.02. The van der Waals surface area contributed by atoms with Crippen LogP contribution in [0.25, 0.3) is 0 Å². The van der Waals surface area contributed by atoms with Crippen molar-refractivity contribution < 1.29 is 13.2 Å². The average Bonchev–Trinajstić information content (AvgIpc) is 3.27. The molecule has 0 saturated heterocycles. The van der Waals surface area contributed by atoms with Crippen LogP contribution in [0.4, 0.5) is 10.8 Å². The quantitative estimate of drug-likeness (QED) is 0.240. The van der Waals surface area contributed by atoms with Gasteiger partial charge in [0, 0.05) is 11.3 Å². The predicted octanol–water partition coefficient (Wildman–Crippen LogP) is 5.50. The molecule has 3 aromatic carbocycles. The van der Waals surface area contributed by atoms with Gasteiger partial charge in [0.05, 0.1) is 10.6 Å². The summed E-state index contributed by atoms with van der Waals surface area (Å²) in [6, 6.07) is 21.4. The van der Waals surface area contributed by atoms with Crippen molar-refractivity contribution >= 4 is 49.8 Å². The third-order valence-electron chi connectivity index (χ3n) is 4.90. The molecule has 1 amide bonds. The number of hydrogen-bond acceptors (Lipinski definition) is 7. The highest BCUT2D eigenvalue weighted by Gasteiger charge is 2.17. The normalized spacial score (nSPS) is 11.2. The maximum absolute atomic E-state index is 12.7. The molecule has 4 aromatic rings. The zero-order valence-electron chi connectivity index (χ0n) is 18.5. The lowest BCUT2D eigenvalue weighted by Crippen LogP contribution is -2.15. The highest BCUT2D eigenvalue weighted by Crippen LogP contribution is 2.29. The van der Waals surface area contributed by atoms with Crippen molar-refractivity contribution in [2.75, 3.05) is 10.0 Å². The van der Waals surface area contributed by atoms with Gasteiger partial charge in [-0.2, -0.15) is 0 Å². The Morgan fingerprint density at radius 2 is 1.71 bits per heavy atom. The molecular weight excluding hydrogens is 488 g/mol. The van der Waals surface area contributed by atoms with E-state index in [1.807, 2.05) is 37.3 Å². The van der Waals surface area contributed by atoms with E-state index in [-0.39, 0.29) is 10.8 Å². The van der Waals surface area contributed by atoms with Gasteiger partial charge in [-0.05, 0) is 55.3 Å². The summed E-state index contributed by atoms with van der Waals surface area (Å²) in [4.78, 5) is 12.9. The largest absolute Gasteiger partial charge is 0.296 e. The number of nitrogens with zero attached hydrogens (tertiary/aromatic N) is 2. The summed E-state index contributed by atoms with van der Waals surface area (Å²) in [5.41, 5.74) is 3.58. The van der Waals surface area contributed by atoms with Gasteiger partial charge in [-0.25, -0.2) is 8.42 Å². The van der Waals surface area contributed by atoms with Gasteiger partial charge in [0.25, 0.3) is 15.9 Å². The fourth-order valence-electron chi connectivity index (χ4n) is 3.05. The number of thioether (sulfide) groups is 1. The number of amides is 1. The van der Waals surface area contributed by atoms with Crippen LogP contribution in [0.15, 0.2) is 82.0 Å². The van der Waals surface area contributed by atoms with E-state index in [0.717, 1.165) is 15.7 Å². The molecule has 0 fully saturated rings. The van der Waals surface area contributed by atoms with Gasteiger partial charge in [0.2, 0.25) is 5.13 Å². The highest BCUT2D eigenvalue weighted by molar-refractivity contribution is 8.00. The van der Waals surface area contributed by atoms with Crippen molar-refractivity contribution in [2.45, 2.75) is 28.8 Å². The van der Waals surface area contributed by atoms with E-state index in [1.54, 1.807) is 61.2 Å². The van der Waals surface area contributed by atoms with Gasteiger partial charge in [-0.15, -0.1) is 10.2 Å². The molecule has 7 nitrogen and oxygen atoms in total. The number of anilines is 2. The van der Waals surface area contributed by atoms with Crippen molar-refractivity contribution in [3.63, 3.8) is 0 Å². The molecule has 0 aliphatic carbocycles. The minimum atomic E-state index is -3.73. The average molecular weight is 511 g/mol. The predicted molar refractivity (Wildman–Crippen MR) is 137 cm³/mol. The molecule has 174 valence electrons. The van der Waals surface area contributed by atoms with Crippen molar-refractivity contribution in [3.05, 3.63) is 95.1 Å². The van der Waals surface area contributed by atoms with Crippen LogP contribution in [0, 0.1) is 13.8 Å². The minimum absolute atomic E-state index is 0.177. The molecule has 0 aliphatic rings. The van der Waals surface area contributed by atoms with Gasteiger partial charge < -0.3 is 0 Å². The van der Waals surface area contributed by atoms with Crippen molar-refractivity contribution in [3.8, 4) is 0 Å². The van der Waals surface area contributed by atoms with Crippen LogP contribution in [0.3, 0.4) is 0 Å². The summed E-state index contributed by atoms with van der Waals surface area (Å²) in [5.74, 6) is 0.426. The Morgan fingerprint density at radius 3 is 2.41 bits per heavy atom. The van der Waals surface area contributed by atoms with E-state index in [1.165, 1.54) is 16.9 Å². The lowest BCUT2D eigenvalue weighted by molar-refractivity contribution is 0.102. The smallest absolute Gasteiger partial charge is 0.261 e. The van der Waals surface area contributed by atoms with E-state index in [2.05, 4.69) is 20.2 Å². The second-order valence-electron chi connectivity index (χ2n) is 7.55. The topological polar surface area (TPSA) is 101 Å². The first kappa shape index (κ1) is 23.9. The van der Waals surface area contributed by atoms with Crippen molar-refractivity contribution in [1.29, 1.82) is 0 Å². The molecule has 0 spiro atoms. The van der Waals surface area contributed by atoms with E-state index in [9.17, 15) is 13.2 Å². The second-order valence-corrected chi connectivity index (χ2v) is 11.4. The van der Waals surface area contributed by atoms with Crippen LogP contribution in [0.1, 0.15) is 27.0 Å². The summed E-state index contributed by atoms with van der Waals surface area (Å²) in [6.45, 7) is 3.64. The summed E-state index contributed by atoms with van der Waals surface area (Å²) < 4.78 is 28.7. The number of nitrogens with one attached hydrogen (secondary N) is 2.